The van der Waals surface area contributed by atoms with Gasteiger partial charge in [0.25, 0.3) is 5.91 Å². The maximum Gasteiger partial charge on any atom is 0.326 e. The van der Waals surface area contributed by atoms with Crippen molar-refractivity contribution >= 4 is 23.3 Å². The molecule has 144 valence electrons. The van der Waals surface area contributed by atoms with Gasteiger partial charge in [0.2, 0.25) is 0 Å². The third kappa shape index (κ3) is 5.74. The van der Waals surface area contributed by atoms with Gasteiger partial charge in [-0.15, -0.1) is 0 Å². The number of anilines is 2. The van der Waals surface area contributed by atoms with Gasteiger partial charge in [-0.2, -0.15) is 5.26 Å². The van der Waals surface area contributed by atoms with Crippen LogP contribution in [0.1, 0.15) is 33.1 Å². The number of aliphatic carboxylic acids is 1. The maximum absolute atomic E-state index is 12.2. The van der Waals surface area contributed by atoms with Crippen LogP contribution >= 0.6 is 0 Å². The van der Waals surface area contributed by atoms with Gasteiger partial charge >= 0.3 is 5.97 Å². The standard InChI is InChI=1S/C20H26N4O3/c1-14(2)18(20(26)27)23-19(25)15(12-21)13-22-16-6-8-17(9-7-16)24-10-4-3-5-11-24/h6-9,13-14,18,22H,3-5,10-11H2,1-2H3,(H,23,25)(H,26,27)/b15-13-. The molecule has 1 atom stereocenters. The molecule has 0 saturated carbocycles. The lowest BCUT2D eigenvalue weighted by Crippen LogP contribution is -2.44. The summed E-state index contributed by atoms with van der Waals surface area (Å²) in [5.74, 6) is -2.13. The third-order valence-electron chi connectivity index (χ3n) is 4.56. The number of benzene rings is 1. The van der Waals surface area contributed by atoms with Crippen molar-refractivity contribution in [2.24, 2.45) is 5.92 Å². The second-order valence-corrected chi connectivity index (χ2v) is 6.94. The van der Waals surface area contributed by atoms with Gasteiger partial charge in [0.05, 0.1) is 0 Å². The van der Waals surface area contributed by atoms with E-state index >= 15 is 0 Å². The summed E-state index contributed by atoms with van der Waals surface area (Å²) in [5.41, 5.74) is 1.72. The number of amides is 1. The third-order valence-corrected chi connectivity index (χ3v) is 4.56. The van der Waals surface area contributed by atoms with Crippen LogP contribution in [0.2, 0.25) is 0 Å². The molecule has 2 rings (SSSR count). The Hall–Kier alpha value is -3.01. The zero-order valence-electron chi connectivity index (χ0n) is 15.7. The number of hydrogen-bond acceptors (Lipinski definition) is 5. The minimum absolute atomic E-state index is 0.179. The van der Waals surface area contributed by atoms with Crippen molar-refractivity contribution in [3.05, 3.63) is 36.0 Å². The number of carbonyl (C=O) groups is 2. The van der Waals surface area contributed by atoms with E-state index in [9.17, 15) is 14.9 Å². The van der Waals surface area contributed by atoms with E-state index in [-0.39, 0.29) is 11.5 Å². The Morgan fingerprint density at radius 2 is 1.81 bits per heavy atom. The van der Waals surface area contributed by atoms with Gasteiger partial charge in [-0.25, -0.2) is 4.79 Å². The average molecular weight is 370 g/mol. The summed E-state index contributed by atoms with van der Waals surface area (Å²) in [5, 5.41) is 23.7. The van der Waals surface area contributed by atoms with Gasteiger partial charge in [0.15, 0.2) is 0 Å². The highest BCUT2D eigenvalue weighted by atomic mass is 16.4. The van der Waals surface area contributed by atoms with Crippen molar-refractivity contribution in [1.82, 2.24) is 5.32 Å². The topological polar surface area (TPSA) is 105 Å². The number of rotatable bonds is 7. The molecule has 1 fully saturated rings. The molecule has 1 saturated heterocycles. The van der Waals surface area contributed by atoms with Gasteiger partial charge < -0.3 is 20.6 Å². The van der Waals surface area contributed by atoms with Crippen LogP contribution in [-0.2, 0) is 9.59 Å². The average Bonchev–Trinajstić information content (AvgIpc) is 2.67. The SMILES string of the molecule is CC(C)C(NC(=O)/C(C#N)=C\Nc1ccc(N2CCCCC2)cc1)C(=O)O. The van der Waals surface area contributed by atoms with E-state index in [0.29, 0.717) is 0 Å². The van der Waals surface area contributed by atoms with Crippen molar-refractivity contribution in [2.75, 3.05) is 23.3 Å². The summed E-state index contributed by atoms with van der Waals surface area (Å²) < 4.78 is 0. The van der Waals surface area contributed by atoms with Crippen LogP contribution < -0.4 is 15.5 Å². The summed E-state index contributed by atoms with van der Waals surface area (Å²) >= 11 is 0. The van der Waals surface area contributed by atoms with Gasteiger partial charge in [-0.05, 0) is 49.4 Å². The lowest BCUT2D eigenvalue weighted by molar-refractivity contribution is -0.142. The molecule has 1 aromatic rings. The molecule has 1 amide bonds. The number of nitriles is 1. The van der Waals surface area contributed by atoms with Crippen LogP contribution in [0.15, 0.2) is 36.0 Å². The van der Waals surface area contributed by atoms with Gasteiger partial charge in [-0.3, -0.25) is 4.79 Å². The quantitative estimate of drug-likeness (QED) is 0.503. The van der Waals surface area contributed by atoms with Crippen LogP contribution in [-0.4, -0.2) is 36.1 Å². The minimum Gasteiger partial charge on any atom is -0.480 e. The van der Waals surface area contributed by atoms with Crippen LogP contribution in [0, 0.1) is 17.2 Å². The number of carboxylic acid groups (broad SMARTS) is 1. The molecule has 0 aliphatic carbocycles. The van der Waals surface area contributed by atoms with Crippen LogP contribution in [0.3, 0.4) is 0 Å². The van der Waals surface area contributed by atoms with Crippen molar-refractivity contribution in [1.29, 1.82) is 5.26 Å². The Balaban J connectivity index is 2.00. The molecule has 0 spiro atoms. The lowest BCUT2D eigenvalue weighted by atomic mass is 10.0. The highest BCUT2D eigenvalue weighted by Gasteiger charge is 2.24. The number of carboxylic acids is 1. The Morgan fingerprint density at radius 3 is 2.33 bits per heavy atom. The zero-order chi connectivity index (χ0) is 19.8. The molecule has 3 N–H and O–H groups in total. The van der Waals surface area contributed by atoms with E-state index in [4.69, 9.17) is 5.11 Å². The smallest absolute Gasteiger partial charge is 0.326 e. The second-order valence-electron chi connectivity index (χ2n) is 6.94. The molecular weight excluding hydrogens is 344 g/mol. The molecule has 1 aliphatic heterocycles. The van der Waals surface area contributed by atoms with Crippen molar-refractivity contribution in [3.63, 3.8) is 0 Å². The fraction of sp³-hybridized carbons (Fsp3) is 0.450. The van der Waals surface area contributed by atoms with Gasteiger partial charge in [0, 0.05) is 30.7 Å². The summed E-state index contributed by atoms with van der Waals surface area (Å²) in [6.45, 7) is 5.51. The summed E-state index contributed by atoms with van der Waals surface area (Å²) in [4.78, 5) is 25.7. The van der Waals surface area contributed by atoms with E-state index in [1.165, 1.54) is 25.5 Å². The van der Waals surface area contributed by atoms with E-state index in [1.807, 2.05) is 24.3 Å². The lowest BCUT2D eigenvalue weighted by Gasteiger charge is -2.28. The van der Waals surface area contributed by atoms with Crippen molar-refractivity contribution in [2.45, 2.75) is 39.2 Å². The highest BCUT2D eigenvalue weighted by molar-refractivity contribution is 5.99. The maximum atomic E-state index is 12.2. The number of carbonyl (C=O) groups excluding carboxylic acids is 1. The van der Waals surface area contributed by atoms with Crippen LogP contribution in [0.4, 0.5) is 11.4 Å². The number of hydrogen-bond donors (Lipinski definition) is 3. The summed E-state index contributed by atoms with van der Waals surface area (Å²) in [6.07, 6.45) is 4.98. The Kier molecular flexibility index (Phi) is 7.24. The van der Waals surface area contributed by atoms with E-state index in [2.05, 4.69) is 15.5 Å². The Morgan fingerprint density at radius 1 is 1.19 bits per heavy atom. The number of nitrogens with zero attached hydrogens (tertiary/aromatic N) is 2. The fourth-order valence-corrected chi connectivity index (χ4v) is 2.96. The zero-order valence-corrected chi connectivity index (χ0v) is 15.7. The van der Waals surface area contributed by atoms with Gasteiger partial charge in [0.1, 0.15) is 17.7 Å². The monoisotopic (exact) mass is 370 g/mol. The molecule has 1 aromatic carbocycles. The summed E-state index contributed by atoms with van der Waals surface area (Å²) in [6, 6.07) is 8.55. The normalized spacial score (nSPS) is 15.8. The Bertz CT molecular complexity index is 729. The minimum atomic E-state index is -1.13. The number of nitrogens with one attached hydrogen (secondary N) is 2. The first-order valence-corrected chi connectivity index (χ1v) is 9.18. The molecule has 1 aliphatic rings. The summed E-state index contributed by atoms with van der Waals surface area (Å²) in [7, 11) is 0. The van der Waals surface area contributed by atoms with E-state index < -0.39 is 17.9 Å². The highest BCUT2D eigenvalue weighted by Crippen LogP contribution is 2.21. The molecular formula is C20H26N4O3. The van der Waals surface area contributed by atoms with Crippen LogP contribution in [0.5, 0.6) is 0 Å². The molecule has 0 bridgehead atoms. The first-order valence-electron chi connectivity index (χ1n) is 9.18. The molecule has 27 heavy (non-hydrogen) atoms. The van der Waals surface area contributed by atoms with Crippen molar-refractivity contribution < 1.29 is 14.7 Å². The number of piperidine rings is 1. The van der Waals surface area contributed by atoms with Gasteiger partial charge in [-0.1, -0.05) is 13.8 Å². The van der Waals surface area contributed by atoms with Crippen molar-refractivity contribution in [3.8, 4) is 6.07 Å². The molecule has 1 heterocycles. The molecule has 0 aromatic heterocycles. The predicted octanol–water partition coefficient (Wildman–Crippen LogP) is 2.72. The predicted molar refractivity (Wildman–Crippen MR) is 104 cm³/mol. The van der Waals surface area contributed by atoms with E-state index in [1.54, 1.807) is 19.9 Å². The molecule has 0 radical (unpaired) electrons. The first-order chi connectivity index (χ1) is 12.9. The fourth-order valence-electron chi connectivity index (χ4n) is 2.96. The Labute approximate surface area is 159 Å². The molecule has 1 unspecified atom stereocenters. The van der Waals surface area contributed by atoms with Crippen LogP contribution in [0.25, 0.3) is 0 Å². The second kappa shape index (κ2) is 9.62. The first kappa shape index (κ1) is 20.3. The van der Waals surface area contributed by atoms with E-state index in [0.717, 1.165) is 24.5 Å². The molecule has 7 heteroatoms. The largest absolute Gasteiger partial charge is 0.480 e. The molecule has 7 nitrogen and oxygen atoms in total.